The normalized spacial score (nSPS) is 20.4. The van der Waals surface area contributed by atoms with E-state index in [2.05, 4.69) is 33.5 Å². The maximum Gasteiger partial charge on any atom is 0.0895 e. The van der Waals surface area contributed by atoms with E-state index in [-0.39, 0.29) is 11.6 Å². The molecule has 0 amide bonds. The van der Waals surface area contributed by atoms with Gasteiger partial charge in [0.15, 0.2) is 0 Å². The van der Waals surface area contributed by atoms with Crippen molar-refractivity contribution in [3.8, 4) is 0 Å². The first-order valence-electron chi connectivity index (χ1n) is 6.62. The van der Waals surface area contributed by atoms with Crippen LogP contribution in [-0.2, 0) is 15.9 Å². The highest BCUT2D eigenvalue weighted by atomic mass is 79.9. The van der Waals surface area contributed by atoms with Crippen LogP contribution in [-0.4, -0.2) is 31.5 Å². The van der Waals surface area contributed by atoms with Crippen molar-refractivity contribution in [2.75, 3.05) is 19.8 Å². The highest BCUT2D eigenvalue weighted by Gasteiger charge is 2.40. The maximum atomic E-state index is 6.07. The second-order valence-corrected chi connectivity index (χ2v) is 7.29. The Morgan fingerprint density at radius 3 is 2.79 bits per heavy atom. The summed E-state index contributed by atoms with van der Waals surface area (Å²) in [6.07, 6.45) is 2.66. The van der Waals surface area contributed by atoms with Crippen LogP contribution in [0.5, 0.6) is 0 Å². The molecular formula is C13H21BrN2O2S. The van der Waals surface area contributed by atoms with Gasteiger partial charge in [-0.05, 0) is 35.0 Å². The molecule has 1 unspecified atom stereocenters. The van der Waals surface area contributed by atoms with Crippen molar-refractivity contribution in [1.29, 1.82) is 0 Å². The van der Waals surface area contributed by atoms with Crippen LogP contribution in [0, 0.1) is 0 Å². The first-order chi connectivity index (χ1) is 9.20. The van der Waals surface area contributed by atoms with Crippen LogP contribution in [0.2, 0.25) is 0 Å². The SMILES string of the molecule is CCOC1(C(Cc2ccc(Br)s2)NN)CCOCC1. The van der Waals surface area contributed by atoms with Gasteiger partial charge in [-0.1, -0.05) is 0 Å². The van der Waals surface area contributed by atoms with Crippen molar-refractivity contribution in [2.45, 2.75) is 37.8 Å². The van der Waals surface area contributed by atoms with Crippen LogP contribution < -0.4 is 11.3 Å². The van der Waals surface area contributed by atoms with Crippen molar-refractivity contribution in [3.63, 3.8) is 0 Å². The van der Waals surface area contributed by atoms with E-state index in [0.29, 0.717) is 6.61 Å². The molecule has 108 valence electrons. The van der Waals surface area contributed by atoms with E-state index in [1.807, 2.05) is 6.92 Å². The molecule has 2 rings (SSSR count). The third kappa shape index (κ3) is 3.77. The third-order valence-corrected chi connectivity index (χ3v) is 5.29. The highest BCUT2D eigenvalue weighted by Crippen LogP contribution is 2.32. The van der Waals surface area contributed by atoms with Gasteiger partial charge < -0.3 is 9.47 Å². The minimum Gasteiger partial charge on any atom is -0.381 e. The lowest BCUT2D eigenvalue weighted by molar-refractivity contribution is -0.126. The first-order valence-corrected chi connectivity index (χ1v) is 8.23. The fourth-order valence-electron chi connectivity index (χ4n) is 2.66. The highest BCUT2D eigenvalue weighted by molar-refractivity contribution is 9.11. The second kappa shape index (κ2) is 7.15. The molecule has 1 atom stereocenters. The summed E-state index contributed by atoms with van der Waals surface area (Å²) in [7, 11) is 0. The van der Waals surface area contributed by atoms with Crippen LogP contribution in [0.1, 0.15) is 24.6 Å². The summed E-state index contributed by atoms with van der Waals surface area (Å²) in [6, 6.07) is 4.32. The van der Waals surface area contributed by atoms with Gasteiger partial charge >= 0.3 is 0 Å². The molecule has 19 heavy (non-hydrogen) atoms. The molecule has 6 heteroatoms. The molecule has 0 aliphatic carbocycles. The van der Waals surface area contributed by atoms with Gasteiger partial charge in [0.1, 0.15) is 0 Å². The average Bonchev–Trinajstić information content (AvgIpc) is 2.83. The van der Waals surface area contributed by atoms with E-state index in [9.17, 15) is 0 Å². The van der Waals surface area contributed by atoms with Crippen molar-refractivity contribution >= 4 is 27.3 Å². The van der Waals surface area contributed by atoms with Gasteiger partial charge in [-0.25, -0.2) is 0 Å². The third-order valence-electron chi connectivity index (χ3n) is 3.64. The fourth-order valence-corrected chi connectivity index (χ4v) is 4.19. The number of nitrogens with one attached hydrogen (secondary N) is 1. The summed E-state index contributed by atoms with van der Waals surface area (Å²) >= 11 is 5.25. The second-order valence-electron chi connectivity index (χ2n) is 4.74. The number of rotatable bonds is 6. The van der Waals surface area contributed by atoms with E-state index < -0.39 is 0 Å². The van der Waals surface area contributed by atoms with Crippen molar-refractivity contribution in [2.24, 2.45) is 5.84 Å². The molecule has 0 radical (unpaired) electrons. The van der Waals surface area contributed by atoms with E-state index in [1.165, 1.54) is 4.88 Å². The molecule has 0 saturated carbocycles. The quantitative estimate of drug-likeness (QED) is 0.612. The standard InChI is InChI=1S/C13H21BrN2O2S/c1-2-18-13(5-7-17-8-6-13)11(16-15)9-10-3-4-12(14)19-10/h3-4,11,16H,2,5-9,15H2,1H3. The van der Waals surface area contributed by atoms with Crippen LogP contribution in [0.3, 0.4) is 0 Å². The first kappa shape index (κ1) is 15.4. The lowest BCUT2D eigenvalue weighted by Crippen LogP contribution is -2.58. The minimum absolute atomic E-state index is 0.113. The molecule has 1 aliphatic heterocycles. The Labute approximate surface area is 126 Å². The molecule has 4 nitrogen and oxygen atoms in total. The smallest absolute Gasteiger partial charge is 0.0895 e. The van der Waals surface area contributed by atoms with Crippen molar-refractivity contribution in [1.82, 2.24) is 5.43 Å². The van der Waals surface area contributed by atoms with Crippen LogP contribution in [0.4, 0.5) is 0 Å². The molecule has 1 fully saturated rings. The van der Waals surface area contributed by atoms with Gasteiger partial charge in [-0.3, -0.25) is 11.3 Å². The summed E-state index contributed by atoms with van der Waals surface area (Å²) in [5.41, 5.74) is 2.76. The molecule has 0 bridgehead atoms. The molecule has 1 aromatic rings. The van der Waals surface area contributed by atoms with E-state index in [1.54, 1.807) is 11.3 Å². The Hall–Kier alpha value is 0.0200. The lowest BCUT2D eigenvalue weighted by atomic mass is 9.84. The van der Waals surface area contributed by atoms with Crippen LogP contribution in [0.15, 0.2) is 15.9 Å². The summed E-state index contributed by atoms with van der Waals surface area (Å²) < 4.78 is 12.7. The van der Waals surface area contributed by atoms with Gasteiger partial charge in [0, 0.05) is 44.0 Å². The summed E-state index contributed by atoms with van der Waals surface area (Å²) in [5.74, 6) is 5.80. The monoisotopic (exact) mass is 348 g/mol. The zero-order chi connectivity index (χ0) is 13.7. The van der Waals surface area contributed by atoms with Crippen LogP contribution in [0.25, 0.3) is 0 Å². The largest absolute Gasteiger partial charge is 0.381 e. The minimum atomic E-state index is -0.210. The Kier molecular flexibility index (Phi) is 5.80. The van der Waals surface area contributed by atoms with Crippen molar-refractivity contribution < 1.29 is 9.47 Å². The molecule has 3 N–H and O–H groups in total. The van der Waals surface area contributed by atoms with Gasteiger partial charge in [0.2, 0.25) is 0 Å². The number of nitrogens with two attached hydrogens (primary N) is 1. The van der Waals surface area contributed by atoms with Crippen LogP contribution >= 0.6 is 27.3 Å². The lowest BCUT2D eigenvalue weighted by Gasteiger charge is -2.42. The van der Waals surface area contributed by atoms with E-state index >= 15 is 0 Å². The Balaban J connectivity index is 2.12. The zero-order valence-corrected chi connectivity index (χ0v) is 13.6. The van der Waals surface area contributed by atoms with E-state index in [0.717, 1.165) is 36.3 Å². The number of hydrazine groups is 1. The van der Waals surface area contributed by atoms with Crippen molar-refractivity contribution in [3.05, 3.63) is 20.8 Å². The molecule has 1 saturated heterocycles. The predicted molar refractivity (Wildman–Crippen MR) is 81.2 cm³/mol. The van der Waals surface area contributed by atoms with Gasteiger partial charge in [-0.15, -0.1) is 11.3 Å². The Bertz CT molecular complexity index is 388. The number of thiophene rings is 1. The van der Waals surface area contributed by atoms with Gasteiger partial charge in [-0.2, -0.15) is 0 Å². The molecule has 0 aromatic carbocycles. The number of hydrogen-bond acceptors (Lipinski definition) is 5. The topological polar surface area (TPSA) is 56.5 Å². The average molecular weight is 349 g/mol. The molecule has 1 aliphatic rings. The number of hydrogen-bond donors (Lipinski definition) is 2. The zero-order valence-electron chi connectivity index (χ0n) is 11.2. The molecule has 2 heterocycles. The molecular weight excluding hydrogens is 328 g/mol. The van der Waals surface area contributed by atoms with Gasteiger partial charge in [0.25, 0.3) is 0 Å². The summed E-state index contributed by atoms with van der Waals surface area (Å²) in [4.78, 5) is 1.31. The van der Waals surface area contributed by atoms with Gasteiger partial charge in [0.05, 0.1) is 15.4 Å². The molecule has 1 aromatic heterocycles. The number of ether oxygens (including phenoxy) is 2. The van der Waals surface area contributed by atoms with E-state index in [4.69, 9.17) is 15.3 Å². The summed E-state index contributed by atoms with van der Waals surface area (Å²) in [6.45, 7) is 4.22. The number of halogens is 1. The Morgan fingerprint density at radius 2 is 2.26 bits per heavy atom. The fraction of sp³-hybridized carbons (Fsp3) is 0.692. The molecule has 0 spiro atoms. The Morgan fingerprint density at radius 1 is 1.53 bits per heavy atom. The maximum absolute atomic E-state index is 6.07. The summed E-state index contributed by atoms with van der Waals surface area (Å²) in [5, 5.41) is 0. The predicted octanol–water partition coefficient (Wildman–Crippen LogP) is 2.47.